The third-order valence-corrected chi connectivity index (χ3v) is 5.52. The minimum absolute atomic E-state index is 0.189. The second kappa shape index (κ2) is 8.20. The summed E-state index contributed by atoms with van der Waals surface area (Å²) in [5.41, 5.74) is 3.29. The Labute approximate surface area is 164 Å². The van der Waals surface area contributed by atoms with Gasteiger partial charge in [-0.2, -0.15) is 4.98 Å². The number of rotatable bonds is 5. The Kier molecular flexibility index (Phi) is 5.50. The summed E-state index contributed by atoms with van der Waals surface area (Å²) in [5.74, 6) is 1.11. The van der Waals surface area contributed by atoms with Gasteiger partial charge in [0.25, 0.3) is 0 Å². The van der Waals surface area contributed by atoms with Crippen LogP contribution in [0.15, 0.2) is 53.1 Å². The van der Waals surface area contributed by atoms with Crippen LogP contribution in [0.25, 0.3) is 11.4 Å². The molecule has 6 heteroatoms. The summed E-state index contributed by atoms with van der Waals surface area (Å²) in [5, 5.41) is 4.15. The molecule has 1 aliphatic rings. The van der Waals surface area contributed by atoms with Gasteiger partial charge in [-0.1, -0.05) is 41.6 Å². The molecule has 0 radical (unpaired) electrons. The van der Waals surface area contributed by atoms with Crippen LogP contribution in [0.4, 0.5) is 4.39 Å². The van der Waals surface area contributed by atoms with E-state index >= 15 is 0 Å². The molecule has 1 saturated heterocycles. The Bertz CT molecular complexity index is 916. The van der Waals surface area contributed by atoms with E-state index in [1.165, 1.54) is 12.1 Å². The zero-order valence-corrected chi connectivity index (χ0v) is 16.3. The minimum atomic E-state index is -0.189. The maximum atomic E-state index is 13.1. The van der Waals surface area contributed by atoms with Crippen molar-refractivity contribution in [2.24, 2.45) is 0 Å². The van der Waals surface area contributed by atoms with Crippen LogP contribution in [-0.2, 0) is 6.54 Å². The summed E-state index contributed by atoms with van der Waals surface area (Å²) in [4.78, 5) is 9.34. The van der Waals surface area contributed by atoms with Gasteiger partial charge in [0.1, 0.15) is 5.82 Å². The molecule has 0 N–H and O–H groups in total. The van der Waals surface area contributed by atoms with Crippen molar-refractivity contribution in [1.29, 1.82) is 0 Å². The number of aromatic nitrogens is 2. The lowest BCUT2D eigenvalue weighted by Crippen LogP contribution is -2.46. The number of aryl methyl sites for hydroxylation is 1. The van der Waals surface area contributed by atoms with Gasteiger partial charge in [0.15, 0.2) is 0 Å². The van der Waals surface area contributed by atoms with E-state index in [9.17, 15) is 4.39 Å². The molecule has 1 atom stereocenters. The Morgan fingerprint density at radius 3 is 2.46 bits per heavy atom. The lowest BCUT2D eigenvalue weighted by atomic mass is 10.1. The molecule has 0 spiro atoms. The van der Waals surface area contributed by atoms with Crippen LogP contribution in [0.5, 0.6) is 0 Å². The highest BCUT2D eigenvalue weighted by atomic mass is 19.1. The van der Waals surface area contributed by atoms with Crippen LogP contribution in [0.1, 0.15) is 30.0 Å². The second-order valence-electron chi connectivity index (χ2n) is 7.37. The standard InChI is InChI=1S/C22H25FN4O/c1-16-5-3-4-6-20(16)22-24-21(28-25-22)15-26-11-13-27(14-12-26)17(2)18-7-9-19(23)10-8-18/h3-10,17H,11-15H2,1-2H3. The van der Waals surface area contributed by atoms with Crippen molar-refractivity contribution in [1.82, 2.24) is 19.9 Å². The molecule has 0 saturated carbocycles. The third kappa shape index (κ3) is 4.13. The fraction of sp³-hybridized carbons (Fsp3) is 0.364. The molecule has 2 heterocycles. The predicted molar refractivity (Wildman–Crippen MR) is 106 cm³/mol. The first-order valence-electron chi connectivity index (χ1n) is 9.70. The van der Waals surface area contributed by atoms with Crippen molar-refractivity contribution in [3.63, 3.8) is 0 Å². The first kappa shape index (κ1) is 18.8. The molecule has 0 aliphatic carbocycles. The molecule has 28 heavy (non-hydrogen) atoms. The maximum Gasteiger partial charge on any atom is 0.241 e. The van der Waals surface area contributed by atoms with Crippen molar-refractivity contribution in [2.75, 3.05) is 26.2 Å². The van der Waals surface area contributed by atoms with E-state index in [0.29, 0.717) is 18.3 Å². The average Bonchev–Trinajstić information content (AvgIpc) is 3.17. The Morgan fingerprint density at radius 1 is 1.04 bits per heavy atom. The molecule has 3 aromatic rings. The fourth-order valence-corrected chi connectivity index (χ4v) is 3.70. The lowest BCUT2D eigenvalue weighted by Gasteiger charge is -2.37. The van der Waals surface area contributed by atoms with Gasteiger partial charge in [0, 0.05) is 37.8 Å². The summed E-state index contributed by atoms with van der Waals surface area (Å²) >= 11 is 0. The fourth-order valence-electron chi connectivity index (χ4n) is 3.70. The highest BCUT2D eigenvalue weighted by Crippen LogP contribution is 2.23. The Morgan fingerprint density at radius 2 is 1.75 bits per heavy atom. The summed E-state index contributed by atoms with van der Waals surface area (Å²) < 4.78 is 18.6. The van der Waals surface area contributed by atoms with E-state index in [0.717, 1.165) is 42.9 Å². The van der Waals surface area contributed by atoms with Gasteiger partial charge in [-0.25, -0.2) is 4.39 Å². The van der Waals surface area contributed by atoms with Gasteiger partial charge >= 0.3 is 0 Å². The SMILES string of the molecule is Cc1ccccc1-c1noc(CN2CCN(C(C)c3ccc(F)cc3)CC2)n1. The van der Waals surface area contributed by atoms with Crippen LogP contribution >= 0.6 is 0 Å². The molecular weight excluding hydrogens is 355 g/mol. The number of nitrogens with zero attached hydrogens (tertiary/aromatic N) is 4. The van der Waals surface area contributed by atoms with E-state index in [-0.39, 0.29) is 11.9 Å². The normalized spacial score (nSPS) is 17.0. The molecule has 1 aliphatic heterocycles. The van der Waals surface area contributed by atoms with Crippen LogP contribution in [0.2, 0.25) is 0 Å². The van der Waals surface area contributed by atoms with Crippen LogP contribution < -0.4 is 0 Å². The quantitative estimate of drug-likeness (QED) is 0.668. The smallest absolute Gasteiger partial charge is 0.241 e. The number of piperazine rings is 1. The monoisotopic (exact) mass is 380 g/mol. The lowest BCUT2D eigenvalue weighted by molar-refractivity contribution is 0.0905. The van der Waals surface area contributed by atoms with E-state index in [2.05, 4.69) is 26.9 Å². The van der Waals surface area contributed by atoms with E-state index in [1.807, 2.05) is 43.3 Å². The van der Waals surface area contributed by atoms with Gasteiger partial charge in [-0.3, -0.25) is 9.80 Å². The van der Waals surface area contributed by atoms with Crippen LogP contribution in [-0.4, -0.2) is 46.1 Å². The molecule has 0 amide bonds. The molecular formula is C22H25FN4O. The highest BCUT2D eigenvalue weighted by Gasteiger charge is 2.23. The van der Waals surface area contributed by atoms with Crippen LogP contribution in [0, 0.1) is 12.7 Å². The summed E-state index contributed by atoms with van der Waals surface area (Å²) in [7, 11) is 0. The number of hydrogen-bond acceptors (Lipinski definition) is 5. The van der Waals surface area contributed by atoms with E-state index in [1.54, 1.807) is 0 Å². The third-order valence-electron chi connectivity index (χ3n) is 5.52. The van der Waals surface area contributed by atoms with Gasteiger partial charge in [-0.05, 0) is 37.1 Å². The molecule has 1 aromatic heterocycles. The number of halogens is 1. The van der Waals surface area contributed by atoms with Crippen LogP contribution in [0.3, 0.4) is 0 Å². The summed E-state index contributed by atoms with van der Waals surface area (Å²) in [6, 6.07) is 15.1. The molecule has 1 fully saturated rings. The molecule has 1 unspecified atom stereocenters. The summed E-state index contributed by atoms with van der Waals surface area (Å²) in [6.45, 7) is 8.68. The van der Waals surface area contributed by atoms with Gasteiger partial charge < -0.3 is 4.52 Å². The van der Waals surface area contributed by atoms with E-state index < -0.39 is 0 Å². The Hall–Kier alpha value is -2.57. The second-order valence-corrected chi connectivity index (χ2v) is 7.37. The first-order valence-corrected chi connectivity index (χ1v) is 9.70. The zero-order valence-electron chi connectivity index (χ0n) is 16.3. The van der Waals surface area contributed by atoms with Crippen molar-refractivity contribution < 1.29 is 8.91 Å². The number of benzene rings is 2. The largest absolute Gasteiger partial charge is 0.338 e. The Balaban J connectivity index is 1.34. The van der Waals surface area contributed by atoms with Crippen molar-refractivity contribution in [3.05, 3.63) is 71.4 Å². The summed E-state index contributed by atoms with van der Waals surface area (Å²) in [6.07, 6.45) is 0. The topological polar surface area (TPSA) is 45.4 Å². The van der Waals surface area contributed by atoms with Gasteiger partial charge in [0.2, 0.25) is 11.7 Å². The number of hydrogen-bond donors (Lipinski definition) is 0. The van der Waals surface area contributed by atoms with Crippen molar-refractivity contribution >= 4 is 0 Å². The molecule has 4 rings (SSSR count). The molecule has 2 aromatic carbocycles. The average molecular weight is 380 g/mol. The van der Waals surface area contributed by atoms with Gasteiger partial charge in [-0.15, -0.1) is 0 Å². The van der Waals surface area contributed by atoms with E-state index in [4.69, 9.17) is 4.52 Å². The highest BCUT2D eigenvalue weighted by molar-refractivity contribution is 5.58. The predicted octanol–water partition coefficient (Wildman–Crippen LogP) is 4.06. The minimum Gasteiger partial charge on any atom is -0.338 e. The molecule has 146 valence electrons. The zero-order chi connectivity index (χ0) is 19.5. The van der Waals surface area contributed by atoms with Crippen molar-refractivity contribution in [3.8, 4) is 11.4 Å². The van der Waals surface area contributed by atoms with Gasteiger partial charge in [0.05, 0.1) is 6.54 Å². The maximum absolute atomic E-state index is 13.1. The van der Waals surface area contributed by atoms with Crippen molar-refractivity contribution in [2.45, 2.75) is 26.4 Å². The molecule has 0 bridgehead atoms. The molecule has 5 nitrogen and oxygen atoms in total. The first-order chi connectivity index (χ1) is 13.6.